The Morgan fingerprint density at radius 1 is 1.10 bits per heavy atom. The summed E-state index contributed by atoms with van der Waals surface area (Å²) in [5, 5.41) is 0. The first-order chi connectivity index (χ1) is 9.67. The molecule has 1 aromatic heterocycles. The fourth-order valence-corrected chi connectivity index (χ4v) is 2.15. The van der Waals surface area contributed by atoms with Crippen molar-refractivity contribution < 1.29 is 13.9 Å². The van der Waals surface area contributed by atoms with Crippen LogP contribution >= 0.6 is 0 Å². The van der Waals surface area contributed by atoms with Crippen LogP contribution in [0, 0.1) is 0 Å². The molecule has 1 aromatic carbocycles. The van der Waals surface area contributed by atoms with Crippen LogP contribution in [0.2, 0.25) is 0 Å². The molecule has 0 aliphatic carbocycles. The van der Waals surface area contributed by atoms with Crippen molar-refractivity contribution in [1.82, 2.24) is 0 Å². The zero-order chi connectivity index (χ0) is 14.5. The van der Waals surface area contributed by atoms with Crippen LogP contribution in [-0.2, 0) is 12.8 Å². The second-order valence-corrected chi connectivity index (χ2v) is 4.66. The highest BCUT2D eigenvalue weighted by atomic mass is 16.5. The van der Waals surface area contributed by atoms with Crippen LogP contribution in [0.1, 0.15) is 30.0 Å². The first-order valence-electron chi connectivity index (χ1n) is 6.73. The fraction of sp³-hybridized carbons (Fsp3) is 0.375. The summed E-state index contributed by atoms with van der Waals surface area (Å²) in [5.41, 5.74) is 7.28. The number of nitrogens with two attached hydrogens (primary N) is 1. The Morgan fingerprint density at radius 2 is 1.85 bits per heavy atom. The summed E-state index contributed by atoms with van der Waals surface area (Å²) in [4.78, 5) is 0. The predicted octanol–water partition coefficient (Wildman–Crippen LogP) is 3.10. The van der Waals surface area contributed by atoms with E-state index in [1.807, 2.05) is 30.3 Å². The average molecular weight is 275 g/mol. The molecular formula is C16H21NO3. The van der Waals surface area contributed by atoms with E-state index in [9.17, 15) is 0 Å². The first kappa shape index (κ1) is 14.5. The quantitative estimate of drug-likeness (QED) is 0.880. The third kappa shape index (κ3) is 3.14. The largest absolute Gasteiger partial charge is 0.493 e. The molecule has 0 amide bonds. The molecule has 108 valence electrons. The lowest BCUT2D eigenvalue weighted by molar-refractivity contribution is 0.354. The van der Waals surface area contributed by atoms with Crippen molar-refractivity contribution in [3.05, 3.63) is 47.4 Å². The third-order valence-corrected chi connectivity index (χ3v) is 3.30. The van der Waals surface area contributed by atoms with Crippen molar-refractivity contribution in [1.29, 1.82) is 0 Å². The Bertz CT molecular complexity index is 563. The van der Waals surface area contributed by atoms with E-state index in [2.05, 4.69) is 6.92 Å². The number of methoxy groups -OCH3 is 2. The number of aryl methyl sites for hydroxylation is 1. The number of furan rings is 1. The molecular weight excluding hydrogens is 254 g/mol. The van der Waals surface area contributed by atoms with Gasteiger partial charge in [-0.3, -0.25) is 0 Å². The molecule has 2 N–H and O–H groups in total. The number of hydrogen-bond donors (Lipinski definition) is 1. The molecule has 0 spiro atoms. The Hall–Kier alpha value is -1.94. The van der Waals surface area contributed by atoms with Crippen molar-refractivity contribution in [2.45, 2.75) is 25.8 Å². The van der Waals surface area contributed by atoms with Gasteiger partial charge in [0.2, 0.25) is 0 Å². The maximum Gasteiger partial charge on any atom is 0.160 e. The maximum atomic E-state index is 6.19. The Labute approximate surface area is 119 Å². The minimum atomic E-state index is -0.159. The summed E-state index contributed by atoms with van der Waals surface area (Å²) in [6.45, 7) is 2.06. The lowest BCUT2D eigenvalue weighted by atomic mass is 10.0. The average Bonchev–Trinajstić information content (AvgIpc) is 2.96. The van der Waals surface area contributed by atoms with Crippen molar-refractivity contribution in [3.8, 4) is 11.5 Å². The van der Waals surface area contributed by atoms with Gasteiger partial charge >= 0.3 is 0 Å². The molecule has 1 unspecified atom stereocenters. The van der Waals surface area contributed by atoms with Gasteiger partial charge in [-0.2, -0.15) is 0 Å². The van der Waals surface area contributed by atoms with Crippen LogP contribution < -0.4 is 15.2 Å². The molecule has 4 nitrogen and oxygen atoms in total. The van der Waals surface area contributed by atoms with Crippen LogP contribution in [-0.4, -0.2) is 14.2 Å². The Balaban J connectivity index is 2.12. The summed E-state index contributed by atoms with van der Waals surface area (Å²) in [7, 11) is 3.25. The minimum absolute atomic E-state index is 0.159. The van der Waals surface area contributed by atoms with Gasteiger partial charge in [0.25, 0.3) is 0 Å². The molecule has 0 saturated carbocycles. The van der Waals surface area contributed by atoms with E-state index in [4.69, 9.17) is 19.6 Å². The molecule has 0 bridgehead atoms. The Morgan fingerprint density at radius 3 is 2.45 bits per heavy atom. The van der Waals surface area contributed by atoms with E-state index in [0.717, 1.165) is 29.3 Å². The molecule has 0 aliphatic rings. The standard InChI is InChI=1S/C16H21NO3/c1-4-12-6-8-14(20-12)13(17)9-11-5-7-15(18-2)16(10-11)19-3/h5-8,10,13H,4,9,17H2,1-3H3. The van der Waals surface area contributed by atoms with E-state index in [-0.39, 0.29) is 6.04 Å². The van der Waals surface area contributed by atoms with Crippen LogP contribution in [0.5, 0.6) is 11.5 Å². The van der Waals surface area contributed by atoms with Crippen molar-refractivity contribution in [2.24, 2.45) is 5.73 Å². The summed E-state index contributed by atoms with van der Waals surface area (Å²) in [6.07, 6.45) is 1.57. The number of rotatable bonds is 6. The summed E-state index contributed by atoms with van der Waals surface area (Å²) in [5.74, 6) is 3.21. The second-order valence-electron chi connectivity index (χ2n) is 4.66. The lowest BCUT2D eigenvalue weighted by Gasteiger charge is -2.12. The van der Waals surface area contributed by atoms with E-state index < -0.39 is 0 Å². The van der Waals surface area contributed by atoms with Gasteiger partial charge in [0.1, 0.15) is 11.5 Å². The number of benzene rings is 1. The van der Waals surface area contributed by atoms with Crippen molar-refractivity contribution in [2.75, 3.05) is 14.2 Å². The van der Waals surface area contributed by atoms with E-state index in [0.29, 0.717) is 12.2 Å². The molecule has 0 saturated heterocycles. The highest BCUT2D eigenvalue weighted by Crippen LogP contribution is 2.29. The third-order valence-electron chi connectivity index (χ3n) is 3.30. The SMILES string of the molecule is CCc1ccc(C(N)Cc2ccc(OC)c(OC)c2)o1. The van der Waals surface area contributed by atoms with E-state index in [1.165, 1.54) is 0 Å². The summed E-state index contributed by atoms with van der Waals surface area (Å²) in [6, 6.07) is 9.59. The monoisotopic (exact) mass is 275 g/mol. The topological polar surface area (TPSA) is 57.6 Å². The van der Waals surface area contributed by atoms with E-state index in [1.54, 1.807) is 14.2 Å². The van der Waals surface area contributed by atoms with Crippen LogP contribution in [0.25, 0.3) is 0 Å². The summed E-state index contributed by atoms with van der Waals surface area (Å²) < 4.78 is 16.2. The molecule has 0 radical (unpaired) electrons. The zero-order valence-electron chi connectivity index (χ0n) is 12.2. The normalized spacial score (nSPS) is 12.2. The zero-order valence-corrected chi connectivity index (χ0v) is 12.2. The summed E-state index contributed by atoms with van der Waals surface area (Å²) >= 11 is 0. The van der Waals surface area contributed by atoms with Gasteiger partial charge in [-0.1, -0.05) is 13.0 Å². The highest BCUT2D eigenvalue weighted by molar-refractivity contribution is 5.43. The maximum absolute atomic E-state index is 6.19. The van der Waals surface area contributed by atoms with Gasteiger partial charge in [0.15, 0.2) is 11.5 Å². The number of hydrogen-bond acceptors (Lipinski definition) is 4. The van der Waals surface area contributed by atoms with Crippen molar-refractivity contribution in [3.63, 3.8) is 0 Å². The van der Waals surface area contributed by atoms with Gasteiger partial charge in [0, 0.05) is 6.42 Å². The van der Waals surface area contributed by atoms with Gasteiger partial charge in [-0.05, 0) is 36.2 Å². The van der Waals surface area contributed by atoms with Gasteiger partial charge in [0.05, 0.1) is 20.3 Å². The van der Waals surface area contributed by atoms with Gasteiger partial charge in [-0.15, -0.1) is 0 Å². The molecule has 2 rings (SSSR count). The van der Waals surface area contributed by atoms with Gasteiger partial charge < -0.3 is 19.6 Å². The van der Waals surface area contributed by atoms with Crippen molar-refractivity contribution >= 4 is 0 Å². The van der Waals surface area contributed by atoms with Crippen LogP contribution in [0.4, 0.5) is 0 Å². The fourth-order valence-electron chi connectivity index (χ4n) is 2.15. The molecule has 20 heavy (non-hydrogen) atoms. The van der Waals surface area contributed by atoms with E-state index >= 15 is 0 Å². The highest BCUT2D eigenvalue weighted by Gasteiger charge is 2.13. The van der Waals surface area contributed by atoms with Crippen LogP contribution in [0.15, 0.2) is 34.7 Å². The first-order valence-corrected chi connectivity index (χ1v) is 6.73. The molecule has 0 fully saturated rings. The smallest absolute Gasteiger partial charge is 0.160 e. The Kier molecular flexibility index (Phi) is 4.69. The van der Waals surface area contributed by atoms with Crippen LogP contribution in [0.3, 0.4) is 0 Å². The lowest BCUT2D eigenvalue weighted by Crippen LogP contribution is -2.12. The minimum Gasteiger partial charge on any atom is -0.493 e. The van der Waals surface area contributed by atoms with Gasteiger partial charge in [-0.25, -0.2) is 0 Å². The molecule has 1 heterocycles. The molecule has 0 aliphatic heterocycles. The second kappa shape index (κ2) is 6.48. The molecule has 2 aromatic rings. The predicted molar refractivity (Wildman–Crippen MR) is 78.3 cm³/mol. The molecule has 1 atom stereocenters. The molecule has 4 heteroatoms. The number of ether oxygens (including phenoxy) is 2.